The molecule has 0 saturated carbocycles. The van der Waals surface area contributed by atoms with Gasteiger partial charge in [0.25, 0.3) is 0 Å². The third-order valence-corrected chi connectivity index (χ3v) is 6.99. The van der Waals surface area contributed by atoms with Crippen LogP contribution in [0.5, 0.6) is 0 Å². The molecule has 0 atom stereocenters. The Morgan fingerprint density at radius 2 is 0.789 bits per heavy atom. The maximum absolute atomic E-state index is 2.40. The number of hydrogen-bond donors (Lipinski definition) is 0. The monoisotopic (exact) mass is 600 g/mol. The Balaban J connectivity index is 0.00000342. The Hall–Kier alpha value is -1.41. The summed E-state index contributed by atoms with van der Waals surface area (Å²) in [6.07, 6.45) is 0. The summed E-state index contributed by atoms with van der Waals surface area (Å²) in [7, 11) is 0. The molecule has 4 aromatic carbocycles. The smallest absolute Gasteiger partial charge is 1.00 e. The molecule has 0 aromatic heterocycles. The molecular weight excluding hydrogens is 563 g/mol. The molecule has 0 amide bonds. The molecule has 0 aliphatic carbocycles. The van der Waals surface area contributed by atoms with Gasteiger partial charge in [0.1, 0.15) is 0 Å². The van der Waals surface area contributed by atoms with Crippen LogP contribution in [0.25, 0.3) is 0 Å². The van der Waals surface area contributed by atoms with Gasteiger partial charge in [0, 0.05) is 5.41 Å². The summed E-state index contributed by atoms with van der Waals surface area (Å²) in [5.41, 5.74) is 14.3. The summed E-state index contributed by atoms with van der Waals surface area (Å²) in [6, 6.07) is 28.2. The topological polar surface area (TPSA) is 0 Å². The Bertz CT molecular complexity index is 1170. The van der Waals surface area contributed by atoms with Gasteiger partial charge >= 0.3 is 21.7 Å². The molecule has 0 bridgehead atoms. The molecule has 38 heavy (non-hydrogen) atoms. The van der Waals surface area contributed by atoms with Crippen LogP contribution in [0, 0.1) is 41.5 Å². The maximum Gasteiger partial charge on any atom is 4.00 e. The van der Waals surface area contributed by atoms with Crippen LogP contribution in [-0.2, 0) is 32.5 Å². The van der Waals surface area contributed by atoms with Gasteiger partial charge in [0.05, 0.1) is 0 Å². The van der Waals surface area contributed by atoms with Gasteiger partial charge in [-0.1, -0.05) is 109 Å². The van der Waals surface area contributed by atoms with Crippen molar-refractivity contribution in [3.05, 3.63) is 134 Å². The minimum atomic E-state index is -0.406. The van der Waals surface area contributed by atoms with Crippen molar-refractivity contribution in [1.82, 2.24) is 0 Å². The minimum absolute atomic E-state index is 0. The predicted molar refractivity (Wildman–Crippen MR) is 147 cm³/mol. The molecule has 0 heterocycles. The van der Waals surface area contributed by atoms with Crippen molar-refractivity contribution in [1.29, 1.82) is 0 Å². The van der Waals surface area contributed by atoms with E-state index in [1.165, 1.54) is 61.2 Å². The van der Waals surface area contributed by atoms with Gasteiger partial charge in [-0.25, -0.2) is 12.1 Å². The molecule has 200 valence electrons. The summed E-state index contributed by atoms with van der Waals surface area (Å²) in [6.45, 7) is 20.3. The van der Waals surface area contributed by atoms with Gasteiger partial charge in [-0.15, -0.1) is 5.56 Å². The molecule has 4 rings (SSSR count). The van der Waals surface area contributed by atoms with Gasteiger partial charge in [-0.05, 0) is 63.6 Å². The molecule has 0 nitrogen and oxygen atoms in total. The molecule has 0 unspecified atom stereocenters. The molecule has 0 aliphatic heterocycles. The summed E-state index contributed by atoms with van der Waals surface area (Å²) < 4.78 is 0. The van der Waals surface area contributed by atoms with Crippen molar-refractivity contribution in [3.8, 4) is 0 Å². The van der Waals surface area contributed by atoms with Crippen molar-refractivity contribution < 1.29 is 58.9 Å². The Labute approximate surface area is 264 Å². The number of aryl methyl sites for hydroxylation is 6. The third kappa shape index (κ3) is 7.02. The SMILES string of the molecule is Cc1cc(C)cc(C(c2cc(C)cc(C)c2)(c2cc(C)cc(C)c2)[c-]2cccc2C(C)(C)C)c1.[Cl-].[Cl-].[Cl-].[Ti+4]. The maximum atomic E-state index is 2.40. The van der Waals surface area contributed by atoms with Crippen LogP contribution in [0.1, 0.15) is 82.0 Å². The van der Waals surface area contributed by atoms with Crippen LogP contribution in [0.3, 0.4) is 0 Å². The molecule has 0 spiro atoms. The Morgan fingerprint density at radius 1 is 0.500 bits per heavy atom. The number of rotatable bonds is 4. The van der Waals surface area contributed by atoms with Crippen molar-refractivity contribution in [3.63, 3.8) is 0 Å². The zero-order valence-corrected chi connectivity index (χ0v) is 27.9. The first-order valence-electron chi connectivity index (χ1n) is 12.4. The van der Waals surface area contributed by atoms with E-state index in [4.69, 9.17) is 0 Å². The van der Waals surface area contributed by atoms with Crippen molar-refractivity contribution in [2.75, 3.05) is 0 Å². The van der Waals surface area contributed by atoms with E-state index < -0.39 is 5.41 Å². The molecular formula is C34H39Cl3Ti. The fourth-order valence-electron chi connectivity index (χ4n) is 5.94. The van der Waals surface area contributed by atoms with Crippen molar-refractivity contribution in [2.45, 2.75) is 73.1 Å². The van der Waals surface area contributed by atoms with E-state index in [2.05, 4.69) is 135 Å². The molecule has 0 saturated heterocycles. The second kappa shape index (κ2) is 13.8. The van der Waals surface area contributed by atoms with Gasteiger partial charge in [-0.3, -0.25) is 0 Å². The van der Waals surface area contributed by atoms with Gasteiger partial charge < -0.3 is 37.2 Å². The summed E-state index contributed by atoms with van der Waals surface area (Å²) in [5.74, 6) is 0. The van der Waals surface area contributed by atoms with E-state index in [-0.39, 0.29) is 64.4 Å². The van der Waals surface area contributed by atoms with E-state index in [0.29, 0.717) is 0 Å². The average molecular weight is 602 g/mol. The van der Waals surface area contributed by atoms with E-state index >= 15 is 0 Å². The first kappa shape index (κ1) is 36.6. The fraction of sp³-hybridized carbons (Fsp3) is 0.324. The second-order valence-electron chi connectivity index (χ2n) is 11.5. The van der Waals surface area contributed by atoms with Crippen LogP contribution < -0.4 is 37.2 Å². The largest absolute Gasteiger partial charge is 4.00 e. The summed E-state index contributed by atoms with van der Waals surface area (Å²) in [4.78, 5) is 0. The number of hydrogen-bond acceptors (Lipinski definition) is 0. The van der Waals surface area contributed by atoms with E-state index in [1.54, 1.807) is 0 Å². The fourth-order valence-corrected chi connectivity index (χ4v) is 5.94. The Kier molecular flexibility index (Phi) is 13.3. The van der Waals surface area contributed by atoms with Crippen LogP contribution in [0.2, 0.25) is 0 Å². The van der Waals surface area contributed by atoms with Crippen LogP contribution in [-0.4, -0.2) is 0 Å². The normalized spacial score (nSPS) is 11.0. The summed E-state index contributed by atoms with van der Waals surface area (Å²) >= 11 is 0. The van der Waals surface area contributed by atoms with E-state index in [9.17, 15) is 0 Å². The van der Waals surface area contributed by atoms with E-state index in [0.717, 1.165) is 0 Å². The van der Waals surface area contributed by atoms with Crippen LogP contribution in [0.4, 0.5) is 0 Å². The molecule has 0 aliphatic rings. The molecule has 4 heteroatoms. The second-order valence-corrected chi connectivity index (χ2v) is 11.5. The predicted octanol–water partition coefficient (Wildman–Crippen LogP) is -0.0543. The number of benzene rings is 3. The standard InChI is InChI=1S/C34H39.3ClH.Ti/c1-22-13-23(2)17-28(16-22)34(29-18-24(3)14-25(4)19-29,30-20-26(5)15-27(6)21-30)32-12-10-11-31(32)33(7,8)9;;;;/h10-21H,1-9H3;3*1H;/q-1;;;;+4/p-3. The first-order valence-corrected chi connectivity index (χ1v) is 12.4. The zero-order chi connectivity index (χ0) is 24.8. The Morgan fingerprint density at radius 3 is 1.05 bits per heavy atom. The zero-order valence-electron chi connectivity index (χ0n) is 24.1. The number of halogens is 3. The molecule has 4 aromatic rings. The minimum Gasteiger partial charge on any atom is -1.00 e. The van der Waals surface area contributed by atoms with Gasteiger partial charge in [0.15, 0.2) is 0 Å². The third-order valence-electron chi connectivity index (χ3n) is 6.99. The van der Waals surface area contributed by atoms with Gasteiger partial charge in [-0.2, -0.15) is 11.6 Å². The van der Waals surface area contributed by atoms with E-state index in [1.807, 2.05) is 0 Å². The van der Waals surface area contributed by atoms with Crippen molar-refractivity contribution >= 4 is 0 Å². The van der Waals surface area contributed by atoms with Gasteiger partial charge in [0.2, 0.25) is 0 Å². The quantitative estimate of drug-likeness (QED) is 0.175. The molecule has 0 N–H and O–H groups in total. The molecule has 0 fully saturated rings. The summed E-state index contributed by atoms with van der Waals surface area (Å²) in [5, 5.41) is 0. The van der Waals surface area contributed by atoms with Crippen LogP contribution in [0.15, 0.2) is 72.8 Å². The average Bonchev–Trinajstić information content (AvgIpc) is 3.17. The first-order chi connectivity index (χ1) is 15.9. The van der Waals surface area contributed by atoms with Crippen LogP contribution >= 0.6 is 0 Å². The van der Waals surface area contributed by atoms with Crippen molar-refractivity contribution in [2.24, 2.45) is 0 Å². The molecule has 0 radical (unpaired) electrons.